The minimum absolute atomic E-state index is 0.301. The van der Waals surface area contributed by atoms with Crippen LogP contribution in [0.3, 0.4) is 0 Å². The van der Waals surface area contributed by atoms with Crippen molar-refractivity contribution in [3.05, 3.63) is 63.7 Å². The molecule has 2 aromatic carbocycles. The zero-order chi connectivity index (χ0) is 15.4. The summed E-state index contributed by atoms with van der Waals surface area (Å²) in [4.78, 5) is 0. The van der Waals surface area contributed by atoms with E-state index >= 15 is 0 Å². The summed E-state index contributed by atoms with van der Waals surface area (Å²) in [7, 11) is 1.62. The van der Waals surface area contributed by atoms with Crippen molar-refractivity contribution in [2.45, 2.75) is 26.2 Å². The van der Waals surface area contributed by atoms with Crippen molar-refractivity contribution >= 4 is 11.6 Å². The Hall–Kier alpha value is -1.51. The summed E-state index contributed by atoms with van der Waals surface area (Å²) in [6.07, 6.45) is 0.879. The second-order valence-corrected chi connectivity index (χ2v) is 5.87. The van der Waals surface area contributed by atoms with Gasteiger partial charge < -0.3 is 10.5 Å². The van der Waals surface area contributed by atoms with E-state index in [9.17, 15) is 0 Å². The number of hydrogen-bond donors (Lipinski definition) is 1. The number of hydrogen-bond acceptors (Lipinski definition) is 2. The molecule has 2 N–H and O–H groups in total. The van der Waals surface area contributed by atoms with Crippen LogP contribution in [0.4, 0.5) is 0 Å². The zero-order valence-corrected chi connectivity index (χ0v) is 13.6. The zero-order valence-electron chi connectivity index (χ0n) is 12.8. The van der Waals surface area contributed by atoms with Crippen molar-refractivity contribution < 1.29 is 4.74 Å². The Labute approximate surface area is 131 Å². The van der Waals surface area contributed by atoms with Crippen molar-refractivity contribution in [1.82, 2.24) is 0 Å². The Morgan fingerprint density at radius 3 is 2.48 bits per heavy atom. The topological polar surface area (TPSA) is 35.2 Å². The van der Waals surface area contributed by atoms with Crippen molar-refractivity contribution in [3.63, 3.8) is 0 Å². The monoisotopic (exact) mass is 303 g/mol. The molecule has 2 rings (SSSR count). The molecule has 0 aliphatic carbocycles. The van der Waals surface area contributed by atoms with E-state index in [-0.39, 0.29) is 0 Å². The largest absolute Gasteiger partial charge is 0.495 e. The minimum Gasteiger partial charge on any atom is -0.495 e. The van der Waals surface area contributed by atoms with Crippen LogP contribution in [-0.4, -0.2) is 13.7 Å². The molecule has 112 valence electrons. The molecule has 0 aliphatic rings. The van der Waals surface area contributed by atoms with E-state index in [0.717, 1.165) is 6.42 Å². The molecular weight excluding hydrogens is 282 g/mol. The maximum absolute atomic E-state index is 6.20. The number of halogens is 1. The van der Waals surface area contributed by atoms with Crippen LogP contribution in [0.1, 0.15) is 28.2 Å². The second kappa shape index (κ2) is 6.97. The van der Waals surface area contributed by atoms with E-state index in [1.807, 2.05) is 12.1 Å². The number of ether oxygens (including phenoxy) is 1. The van der Waals surface area contributed by atoms with Gasteiger partial charge in [0.15, 0.2) is 0 Å². The highest BCUT2D eigenvalue weighted by molar-refractivity contribution is 6.32. The second-order valence-electron chi connectivity index (χ2n) is 5.47. The first-order valence-corrected chi connectivity index (χ1v) is 7.52. The van der Waals surface area contributed by atoms with Crippen molar-refractivity contribution in [2.75, 3.05) is 13.7 Å². The van der Waals surface area contributed by atoms with Crippen LogP contribution >= 0.6 is 11.6 Å². The molecule has 0 amide bonds. The molecule has 0 aromatic heterocycles. The summed E-state index contributed by atoms with van der Waals surface area (Å²) < 4.78 is 5.19. The quantitative estimate of drug-likeness (QED) is 0.896. The van der Waals surface area contributed by atoms with Crippen LogP contribution in [-0.2, 0) is 6.42 Å². The average molecular weight is 304 g/mol. The van der Waals surface area contributed by atoms with Gasteiger partial charge in [0.1, 0.15) is 5.75 Å². The Bertz CT molecular complexity index is 625. The average Bonchev–Trinajstić information content (AvgIpc) is 2.45. The van der Waals surface area contributed by atoms with E-state index < -0.39 is 0 Å². The minimum atomic E-state index is 0.301. The molecule has 0 spiro atoms. The number of nitrogens with two attached hydrogens (primary N) is 1. The van der Waals surface area contributed by atoms with E-state index in [4.69, 9.17) is 22.1 Å². The third kappa shape index (κ3) is 3.78. The van der Waals surface area contributed by atoms with Gasteiger partial charge in [0.2, 0.25) is 0 Å². The Kier molecular flexibility index (Phi) is 5.27. The molecule has 0 saturated heterocycles. The van der Waals surface area contributed by atoms with Gasteiger partial charge in [-0.05, 0) is 55.6 Å². The molecule has 0 fully saturated rings. The number of benzene rings is 2. The van der Waals surface area contributed by atoms with Gasteiger partial charge in [0.25, 0.3) is 0 Å². The van der Waals surface area contributed by atoms with Crippen LogP contribution in [0.2, 0.25) is 5.02 Å². The highest BCUT2D eigenvalue weighted by Gasteiger charge is 2.14. The normalized spacial score (nSPS) is 12.2. The van der Waals surface area contributed by atoms with Gasteiger partial charge in [-0.3, -0.25) is 0 Å². The van der Waals surface area contributed by atoms with Crippen LogP contribution in [0.5, 0.6) is 5.75 Å². The molecule has 3 heteroatoms. The van der Waals surface area contributed by atoms with Gasteiger partial charge in [-0.2, -0.15) is 0 Å². The molecule has 1 atom stereocenters. The maximum Gasteiger partial charge on any atom is 0.137 e. The number of rotatable bonds is 5. The lowest BCUT2D eigenvalue weighted by Crippen LogP contribution is -2.16. The van der Waals surface area contributed by atoms with Gasteiger partial charge in [-0.25, -0.2) is 0 Å². The standard InChI is InChI=1S/C18H22ClNO/c1-12-4-6-16(13(2)8-12)15(11-20)9-14-5-7-18(21-3)17(19)10-14/h4-8,10,15H,9,11,20H2,1-3H3. The predicted molar refractivity (Wildman–Crippen MR) is 89.4 cm³/mol. The summed E-state index contributed by atoms with van der Waals surface area (Å²) in [6, 6.07) is 12.5. The molecule has 0 radical (unpaired) electrons. The van der Waals surface area contributed by atoms with Crippen LogP contribution in [0.25, 0.3) is 0 Å². The molecule has 0 saturated carbocycles. The maximum atomic E-state index is 6.20. The van der Waals surface area contributed by atoms with Crippen LogP contribution in [0.15, 0.2) is 36.4 Å². The smallest absolute Gasteiger partial charge is 0.137 e. The summed E-state index contributed by atoms with van der Waals surface area (Å²) >= 11 is 6.20. The lowest BCUT2D eigenvalue weighted by atomic mass is 9.88. The summed E-state index contributed by atoms with van der Waals surface area (Å²) in [5, 5.41) is 0.645. The fourth-order valence-corrected chi connectivity index (χ4v) is 3.01. The first-order chi connectivity index (χ1) is 10.0. The molecule has 0 heterocycles. The summed E-state index contributed by atoms with van der Waals surface area (Å²) in [6.45, 7) is 4.87. The Morgan fingerprint density at radius 2 is 1.90 bits per heavy atom. The SMILES string of the molecule is COc1ccc(CC(CN)c2ccc(C)cc2C)cc1Cl. The predicted octanol–water partition coefficient (Wildman–Crippen LogP) is 4.25. The van der Waals surface area contributed by atoms with Gasteiger partial charge in [0.05, 0.1) is 12.1 Å². The molecule has 21 heavy (non-hydrogen) atoms. The number of aryl methyl sites for hydroxylation is 2. The fraction of sp³-hybridized carbons (Fsp3) is 0.333. The number of methoxy groups -OCH3 is 1. The Balaban J connectivity index is 2.24. The van der Waals surface area contributed by atoms with Crippen molar-refractivity contribution in [3.8, 4) is 5.75 Å². The fourth-order valence-electron chi connectivity index (χ4n) is 2.73. The first kappa shape index (κ1) is 15.9. The van der Waals surface area contributed by atoms with Gasteiger partial charge in [-0.15, -0.1) is 0 Å². The highest BCUT2D eigenvalue weighted by Crippen LogP contribution is 2.29. The van der Waals surface area contributed by atoms with E-state index in [2.05, 4.69) is 38.1 Å². The third-order valence-corrected chi connectivity index (χ3v) is 4.14. The Morgan fingerprint density at radius 1 is 1.14 bits per heavy atom. The molecule has 1 unspecified atom stereocenters. The van der Waals surface area contributed by atoms with E-state index in [1.165, 1.54) is 22.3 Å². The summed E-state index contributed by atoms with van der Waals surface area (Å²) in [5.41, 5.74) is 11.1. The molecule has 2 nitrogen and oxygen atoms in total. The van der Waals surface area contributed by atoms with Gasteiger partial charge >= 0.3 is 0 Å². The molecular formula is C18H22ClNO. The lowest BCUT2D eigenvalue weighted by molar-refractivity contribution is 0.415. The van der Waals surface area contributed by atoms with Crippen LogP contribution < -0.4 is 10.5 Å². The van der Waals surface area contributed by atoms with E-state index in [0.29, 0.717) is 23.2 Å². The molecule has 0 bridgehead atoms. The third-order valence-electron chi connectivity index (χ3n) is 3.85. The highest BCUT2D eigenvalue weighted by atomic mass is 35.5. The van der Waals surface area contributed by atoms with Crippen molar-refractivity contribution in [1.29, 1.82) is 0 Å². The van der Waals surface area contributed by atoms with Crippen molar-refractivity contribution in [2.24, 2.45) is 5.73 Å². The van der Waals surface area contributed by atoms with E-state index in [1.54, 1.807) is 7.11 Å². The van der Waals surface area contributed by atoms with Gasteiger partial charge in [0, 0.05) is 5.92 Å². The van der Waals surface area contributed by atoms with Crippen LogP contribution in [0, 0.1) is 13.8 Å². The first-order valence-electron chi connectivity index (χ1n) is 7.14. The molecule has 0 aliphatic heterocycles. The van der Waals surface area contributed by atoms with Gasteiger partial charge in [-0.1, -0.05) is 41.4 Å². The summed E-state index contributed by atoms with van der Waals surface area (Å²) in [5.74, 6) is 1.01. The molecule has 2 aromatic rings. The lowest BCUT2D eigenvalue weighted by Gasteiger charge is -2.19.